The number of rotatable bonds is 58. The summed E-state index contributed by atoms with van der Waals surface area (Å²) in [5.41, 5.74) is 0. The van der Waals surface area contributed by atoms with E-state index in [1.54, 1.807) is 0 Å². The van der Waals surface area contributed by atoms with Crippen LogP contribution in [0.5, 0.6) is 0 Å². The lowest BCUT2D eigenvalue weighted by atomic mass is 10.0. The van der Waals surface area contributed by atoms with Crippen molar-refractivity contribution in [3.8, 4) is 0 Å². The van der Waals surface area contributed by atoms with Crippen LogP contribution in [0.2, 0.25) is 0 Å². The molecule has 0 aliphatic rings. The van der Waals surface area contributed by atoms with E-state index >= 15 is 0 Å². The Hall–Kier alpha value is -3.79. The van der Waals surface area contributed by atoms with Gasteiger partial charge in [0.15, 0.2) is 6.10 Å². The van der Waals surface area contributed by atoms with Crippen LogP contribution >= 0.6 is 0 Å². The predicted octanol–water partition coefficient (Wildman–Crippen LogP) is 19.3. The third kappa shape index (κ3) is 59.9. The average molecular weight is 1090 g/mol. The van der Waals surface area contributed by atoms with Gasteiger partial charge in [0.1, 0.15) is 13.2 Å². The van der Waals surface area contributed by atoms with E-state index in [9.17, 15) is 19.5 Å². The highest BCUT2D eigenvalue weighted by atomic mass is 16.7. The van der Waals surface area contributed by atoms with Crippen LogP contribution in [-0.4, -0.2) is 87.4 Å². The Morgan fingerprint density at radius 2 is 0.731 bits per heavy atom. The first kappa shape index (κ1) is 74.2. The average Bonchev–Trinajstić information content (AvgIpc) is 3.41. The van der Waals surface area contributed by atoms with Crippen molar-refractivity contribution in [2.45, 2.75) is 277 Å². The van der Waals surface area contributed by atoms with Gasteiger partial charge in [-0.05, 0) is 77.0 Å². The van der Waals surface area contributed by atoms with Gasteiger partial charge < -0.3 is 28.5 Å². The second-order valence-electron chi connectivity index (χ2n) is 22.3. The molecule has 0 aliphatic heterocycles. The van der Waals surface area contributed by atoms with Gasteiger partial charge >= 0.3 is 17.9 Å². The Bertz CT molecular complexity index is 1600. The minimum absolute atomic E-state index is 0.181. The normalized spacial score (nSPS) is 13.4. The molecule has 0 rings (SSSR count). The SMILES string of the molecule is CC/C=C\C/C=C\C/C=C\C/C=C\C/C=C\C/C=C\C/C=C\C/C=C\CCCCCCCCC(=O)OC(COC(=O)CCCCCCCCCCCCCCCCCCCCCCCC)COC(OCC[N+](C)(C)C)C(=O)O. The number of carbonyl (C=O) groups excluding carboxylic acids is 2. The highest BCUT2D eigenvalue weighted by Crippen LogP contribution is 2.17. The molecule has 448 valence electrons. The van der Waals surface area contributed by atoms with Crippen molar-refractivity contribution < 1.29 is 42.9 Å². The molecule has 0 aromatic carbocycles. The molecule has 0 aliphatic carbocycles. The van der Waals surface area contributed by atoms with Gasteiger partial charge in [0, 0.05) is 12.8 Å². The van der Waals surface area contributed by atoms with E-state index in [2.05, 4.69) is 111 Å². The second kappa shape index (κ2) is 59.3. The van der Waals surface area contributed by atoms with E-state index < -0.39 is 24.3 Å². The molecule has 0 bridgehead atoms. The molecule has 2 unspecified atom stereocenters. The summed E-state index contributed by atoms with van der Waals surface area (Å²) in [6.07, 6.45) is 77.8. The maximum absolute atomic E-state index is 12.9. The fraction of sp³-hybridized carbons (Fsp3) is 0.725. The minimum atomic E-state index is -1.52. The van der Waals surface area contributed by atoms with Crippen molar-refractivity contribution >= 4 is 17.9 Å². The van der Waals surface area contributed by atoms with Crippen LogP contribution in [0.1, 0.15) is 264 Å². The maximum Gasteiger partial charge on any atom is 0.361 e. The molecule has 0 aromatic rings. The first-order valence-electron chi connectivity index (χ1n) is 31.9. The maximum atomic E-state index is 12.9. The number of likely N-dealkylation sites (N-methyl/N-ethyl adjacent to an activating group) is 1. The summed E-state index contributed by atoms with van der Waals surface area (Å²) in [5, 5.41) is 9.72. The Balaban J connectivity index is 4.25. The highest BCUT2D eigenvalue weighted by Gasteiger charge is 2.25. The largest absolute Gasteiger partial charge is 0.477 e. The number of hydrogen-bond acceptors (Lipinski definition) is 7. The number of esters is 2. The first-order valence-corrected chi connectivity index (χ1v) is 31.9. The summed E-state index contributed by atoms with van der Waals surface area (Å²) < 4.78 is 22.9. The Labute approximate surface area is 480 Å². The molecular formula is C69H120NO8+. The van der Waals surface area contributed by atoms with E-state index in [0.717, 1.165) is 109 Å². The van der Waals surface area contributed by atoms with E-state index in [1.807, 2.05) is 21.1 Å². The van der Waals surface area contributed by atoms with Gasteiger partial charge in [-0.1, -0.05) is 272 Å². The number of carboxylic acid groups (broad SMARTS) is 1. The van der Waals surface area contributed by atoms with Gasteiger partial charge in [0.2, 0.25) is 0 Å². The molecule has 0 heterocycles. The zero-order valence-corrected chi connectivity index (χ0v) is 51.1. The quantitative estimate of drug-likeness (QED) is 0.0211. The minimum Gasteiger partial charge on any atom is -0.477 e. The fourth-order valence-corrected chi connectivity index (χ4v) is 8.74. The van der Waals surface area contributed by atoms with Gasteiger partial charge in [0.25, 0.3) is 6.29 Å². The monoisotopic (exact) mass is 1090 g/mol. The molecule has 0 aromatic heterocycles. The van der Waals surface area contributed by atoms with Gasteiger partial charge in [-0.15, -0.1) is 0 Å². The smallest absolute Gasteiger partial charge is 0.361 e. The molecule has 0 amide bonds. The van der Waals surface area contributed by atoms with Crippen LogP contribution in [0.3, 0.4) is 0 Å². The van der Waals surface area contributed by atoms with E-state index in [1.165, 1.54) is 122 Å². The van der Waals surface area contributed by atoms with Crippen LogP contribution in [0.4, 0.5) is 0 Å². The van der Waals surface area contributed by atoms with Crippen molar-refractivity contribution in [3.63, 3.8) is 0 Å². The Morgan fingerprint density at radius 3 is 1.09 bits per heavy atom. The molecule has 78 heavy (non-hydrogen) atoms. The summed E-state index contributed by atoms with van der Waals surface area (Å²) in [6.45, 7) is 4.77. The summed E-state index contributed by atoms with van der Waals surface area (Å²) in [6, 6.07) is 0. The standard InChI is InChI=1S/C69H119NO8/c1-6-8-10-12-14-16-18-20-22-24-26-28-30-31-32-33-34-35-36-37-38-40-42-44-46-48-50-52-54-56-58-60-67(72)78-65(64-77-69(68(73)74)75-62-61-70(3,4)5)63-76-66(71)59-57-55-53-51-49-47-45-43-41-39-29-27-25-23-21-19-17-15-13-11-9-7-2/h8,10,14,16,20,22,26,28,31-32,34-35,37-38,42,44,65,69H,6-7,9,11-13,15,17-19,21,23-25,27,29-30,33,36,39-41,43,45-64H2,1-5H3/p+1/b10-8-,16-14-,22-20-,28-26-,32-31-,35-34-,38-37-,44-42-. The lowest BCUT2D eigenvalue weighted by Gasteiger charge is -2.25. The van der Waals surface area contributed by atoms with Gasteiger partial charge in [-0.2, -0.15) is 0 Å². The van der Waals surface area contributed by atoms with Crippen LogP contribution in [-0.2, 0) is 33.3 Å². The topological polar surface area (TPSA) is 108 Å². The molecule has 2 atom stereocenters. The molecule has 9 nitrogen and oxygen atoms in total. The van der Waals surface area contributed by atoms with Crippen LogP contribution in [0.15, 0.2) is 97.2 Å². The summed E-state index contributed by atoms with van der Waals surface area (Å²) in [7, 11) is 5.97. The van der Waals surface area contributed by atoms with Crippen molar-refractivity contribution in [2.24, 2.45) is 0 Å². The van der Waals surface area contributed by atoms with E-state index in [-0.39, 0.29) is 32.2 Å². The van der Waals surface area contributed by atoms with Crippen molar-refractivity contribution in [3.05, 3.63) is 97.2 Å². The van der Waals surface area contributed by atoms with Crippen LogP contribution in [0.25, 0.3) is 0 Å². The molecule has 1 N–H and O–H groups in total. The van der Waals surface area contributed by atoms with Gasteiger partial charge in [-0.25, -0.2) is 4.79 Å². The summed E-state index contributed by atoms with van der Waals surface area (Å²) >= 11 is 0. The van der Waals surface area contributed by atoms with E-state index in [0.29, 0.717) is 23.9 Å². The predicted molar refractivity (Wildman–Crippen MR) is 332 cm³/mol. The summed E-state index contributed by atoms with van der Waals surface area (Å²) in [5.74, 6) is -2.02. The zero-order chi connectivity index (χ0) is 56.9. The number of quaternary nitrogens is 1. The van der Waals surface area contributed by atoms with Crippen molar-refractivity contribution in [1.82, 2.24) is 0 Å². The molecular weight excluding hydrogens is 971 g/mol. The number of aliphatic carboxylic acids is 1. The van der Waals surface area contributed by atoms with E-state index in [4.69, 9.17) is 18.9 Å². The van der Waals surface area contributed by atoms with Crippen molar-refractivity contribution in [1.29, 1.82) is 0 Å². The number of allylic oxidation sites excluding steroid dienone is 16. The van der Waals surface area contributed by atoms with Crippen LogP contribution in [0, 0.1) is 0 Å². The summed E-state index contributed by atoms with van der Waals surface area (Å²) in [4.78, 5) is 37.5. The number of ether oxygens (including phenoxy) is 4. The molecule has 0 saturated heterocycles. The number of nitrogens with zero attached hydrogens (tertiary/aromatic N) is 1. The molecule has 0 fully saturated rings. The number of unbranched alkanes of at least 4 members (excludes halogenated alkanes) is 27. The molecule has 9 heteroatoms. The third-order valence-electron chi connectivity index (χ3n) is 13.6. The van der Waals surface area contributed by atoms with Gasteiger partial charge in [-0.3, -0.25) is 9.59 Å². The van der Waals surface area contributed by atoms with Crippen LogP contribution < -0.4 is 0 Å². The molecule has 0 spiro atoms. The highest BCUT2D eigenvalue weighted by molar-refractivity contribution is 5.71. The third-order valence-corrected chi connectivity index (χ3v) is 13.6. The zero-order valence-electron chi connectivity index (χ0n) is 51.1. The number of hydrogen-bond donors (Lipinski definition) is 1. The molecule has 0 radical (unpaired) electrons. The Morgan fingerprint density at radius 1 is 0.397 bits per heavy atom. The number of carboxylic acids is 1. The number of carbonyl (C=O) groups is 3. The fourth-order valence-electron chi connectivity index (χ4n) is 8.74. The Kier molecular flexibility index (Phi) is 56.5. The van der Waals surface area contributed by atoms with Crippen molar-refractivity contribution in [2.75, 3.05) is 47.5 Å². The lowest BCUT2D eigenvalue weighted by Crippen LogP contribution is -2.40. The first-order chi connectivity index (χ1) is 38.1. The van der Waals surface area contributed by atoms with Gasteiger partial charge in [0.05, 0.1) is 34.4 Å². The lowest BCUT2D eigenvalue weighted by molar-refractivity contribution is -0.870. The second-order valence-corrected chi connectivity index (χ2v) is 22.3. The molecule has 0 saturated carbocycles.